The lowest BCUT2D eigenvalue weighted by Crippen LogP contribution is -2.41. The van der Waals surface area contributed by atoms with Crippen LogP contribution >= 0.6 is 0 Å². The Kier molecular flexibility index (Phi) is 6.15. The fourth-order valence-corrected chi connectivity index (χ4v) is 3.38. The van der Waals surface area contributed by atoms with E-state index < -0.39 is 0 Å². The van der Waals surface area contributed by atoms with Crippen molar-refractivity contribution in [3.05, 3.63) is 36.7 Å². The lowest BCUT2D eigenvalue weighted by molar-refractivity contribution is -0.114. The Morgan fingerprint density at radius 3 is 2.79 bits per heavy atom. The van der Waals surface area contributed by atoms with Crippen LogP contribution in [0, 0.1) is 0 Å². The first kappa shape index (κ1) is 19.7. The van der Waals surface area contributed by atoms with Gasteiger partial charge < -0.3 is 25.0 Å². The number of ether oxygens (including phenoxy) is 2. The third-order valence-electron chi connectivity index (χ3n) is 4.63. The number of hydrogen-bond acceptors (Lipinski definition) is 5. The molecule has 9 heteroatoms. The zero-order chi connectivity index (χ0) is 20.1. The first-order chi connectivity index (χ1) is 13.5. The smallest absolute Gasteiger partial charge is 0.322 e. The maximum Gasteiger partial charge on any atom is 0.322 e. The largest absolute Gasteiger partial charge is 0.497 e. The molecule has 0 spiro atoms. The van der Waals surface area contributed by atoms with E-state index >= 15 is 0 Å². The minimum absolute atomic E-state index is 0.00119. The molecule has 0 unspecified atom stereocenters. The molecule has 0 bridgehead atoms. The summed E-state index contributed by atoms with van der Waals surface area (Å²) >= 11 is 0. The highest BCUT2D eigenvalue weighted by Crippen LogP contribution is 2.29. The minimum atomic E-state index is -0.202. The second-order valence-corrected chi connectivity index (χ2v) is 6.70. The van der Waals surface area contributed by atoms with Crippen LogP contribution in [0.15, 0.2) is 36.7 Å². The highest BCUT2D eigenvalue weighted by Gasteiger charge is 2.36. The Morgan fingerprint density at radius 1 is 1.25 bits per heavy atom. The lowest BCUT2D eigenvalue weighted by atomic mass is 10.2. The van der Waals surface area contributed by atoms with Crippen LogP contribution in [0.25, 0.3) is 0 Å². The summed E-state index contributed by atoms with van der Waals surface area (Å²) in [5.74, 6) is 0.523. The topological polar surface area (TPSA) is 97.7 Å². The number of urea groups is 1. The van der Waals surface area contributed by atoms with E-state index in [0.717, 1.165) is 0 Å². The van der Waals surface area contributed by atoms with E-state index in [-0.39, 0.29) is 24.0 Å². The van der Waals surface area contributed by atoms with E-state index in [9.17, 15) is 9.59 Å². The summed E-state index contributed by atoms with van der Waals surface area (Å²) in [7, 11) is 3.20. The fraction of sp³-hybridized carbons (Fsp3) is 0.421. The average molecular weight is 387 g/mol. The Hall–Kier alpha value is -3.07. The molecule has 1 aliphatic rings. The molecule has 1 saturated heterocycles. The lowest BCUT2D eigenvalue weighted by Gasteiger charge is -2.24. The first-order valence-electron chi connectivity index (χ1n) is 9.02. The summed E-state index contributed by atoms with van der Waals surface area (Å²) in [5, 5.41) is 9.96. The summed E-state index contributed by atoms with van der Waals surface area (Å²) in [6.45, 7) is 2.37. The van der Waals surface area contributed by atoms with Crippen molar-refractivity contribution in [2.45, 2.75) is 25.4 Å². The normalized spacial score (nSPS) is 18.8. The molecule has 2 aromatic rings. The average Bonchev–Trinajstić information content (AvgIpc) is 3.29. The van der Waals surface area contributed by atoms with Crippen LogP contribution in [-0.2, 0) is 9.53 Å². The molecule has 150 valence electrons. The molecule has 0 aliphatic carbocycles. The zero-order valence-corrected chi connectivity index (χ0v) is 16.2. The summed E-state index contributed by atoms with van der Waals surface area (Å²) < 4.78 is 12.3. The van der Waals surface area contributed by atoms with Crippen LogP contribution in [0.1, 0.15) is 19.4 Å². The van der Waals surface area contributed by atoms with E-state index in [4.69, 9.17) is 9.47 Å². The van der Waals surface area contributed by atoms with Crippen LogP contribution in [0.4, 0.5) is 16.2 Å². The van der Waals surface area contributed by atoms with Crippen molar-refractivity contribution in [3.63, 3.8) is 0 Å². The van der Waals surface area contributed by atoms with Gasteiger partial charge in [0.05, 0.1) is 37.7 Å². The first-order valence-corrected chi connectivity index (χ1v) is 9.02. The Morgan fingerprint density at radius 2 is 2.07 bits per heavy atom. The third-order valence-corrected chi connectivity index (χ3v) is 4.63. The SMILES string of the molecule is COC[C@@H]1C[C@H](n2cc(NC(C)=O)cn2)CN1C(=O)Nc1cccc(OC)c1. The zero-order valence-electron chi connectivity index (χ0n) is 16.2. The molecular formula is C19H25N5O4. The predicted molar refractivity (Wildman–Crippen MR) is 105 cm³/mol. The molecule has 9 nitrogen and oxygen atoms in total. The predicted octanol–water partition coefficient (Wildman–Crippen LogP) is 2.34. The van der Waals surface area contributed by atoms with Crippen molar-refractivity contribution in [1.82, 2.24) is 14.7 Å². The Labute approximate surface area is 163 Å². The van der Waals surface area contributed by atoms with Gasteiger partial charge in [0, 0.05) is 38.5 Å². The van der Waals surface area contributed by atoms with Crippen LogP contribution in [0.2, 0.25) is 0 Å². The van der Waals surface area contributed by atoms with Gasteiger partial charge in [0.15, 0.2) is 0 Å². The molecule has 3 rings (SSSR count). The molecule has 1 aromatic heterocycles. The monoisotopic (exact) mass is 387 g/mol. The van der Waals surface area contributed by atoms with Gasteiger partial charge in [0.25, 0.3) is 0 Å². The van der Waals surface area contributed by atoms with Crippen LogP contribution in [0.5, 0.6) is 5.75 Å². The minimum Gasteiger partial charge on any atom is -0.497 e. The third kappa shape index (κ3) is 4.61. The molecular weight excluding hydrogens is 362 g/mol. The molecule has 1 aromatic carbocycles. The molecule has 0 saturated carbocycles. The van der Waals surface area contributed by atoms with Crippen LogP contribution < -0.4 is 15.4 Å². The molecule has 2 atom stereocenters. The van der Waals surface area contributed by atoms with Gasteiger partial charge in [0.2, 0.25) is 5.91 Å². The maximum atomic E-state index is 12.9. The molecule has 2 heterocycles. The number of benzene rings is 1. The van der Waals surface area contributed by atoms with Crippen molar-refractivity contribution in [3.8, 4) is 5.75 Å². The van der Waals surface area contributed by atoms with Gasteiger partial charge in [0.1, 0.15) is 5.75 Å². The number of nitrogens with one attached hydrogen (secondary N) is 2. The van der Waals surface area contributed by atoms with Crippen molar-refractivity contribution in [1.29, 1.82) is 0 Å². The van der Waals surface area contributed by atoms with Crippen molar-refractivity contribution in [2.75, 3.05) is 38.0 Å². The molecule has 28 heavy (non-hydrogen) atoms. The quantitative estimate of drug-likeness (QED) is 0.793. The van der Waals surface area contributed by atoms with E-state index in [1.807, 2.05) is 18.2 Å². The fourth-order valence-electron chi connectivity index (χ4n) is 3.38. The summed E-state index contributed by atoms with van der Waals surface area (Å²) in [5.41, 5.74) is 1.30. The Balaban J connectivity index is 1.71. The number of aromatic nitrogens is 2. The number of hydrogen-bond donors (Lipinski definition) is 2. The molecule has 1 aliphatic heterocycles. The van der Waals surface area contributed by atoms with Crippen LogP contribution in [-0.4, -0.2) is 60.0 Å². The van der Waals surface area contributed by atoms with E-state index in [1.165, 1.54) is 6.92 Å². The van der Waals surface area contributed by atoms with Gasteiger partial charge >= 0.3 is 6.03 Å². The number of carbonyl (C=O) groups excluding carboxylic acids is 2. The standard InChI is InChI=1S/C19H25N5O4/c1-13(25)21-15-9-20-24(10-15)16-8-17(12-27-2)23(11-16)19(26)22-14-5-4-6-18(7-14)28-3/h4-7,9-10,16-17H,8,11-12H2,1-3H3,(H,21,25)(H,22,26)/t16-,17-/m0/s1. The van der Waals surface area contributed by atoms with Gasteiger partial charge in [-0.3, -0.25) is 9.48 Å². The number of carbonyl (C=O) groups is 2. The Bertz CT molecular complexity index is 837. The summed E-state index contributed by atoms with van der Waals surface area (Å²) in [6.07, 6.45) is 4.09. The molecule has 3 amide bonds. The second kappa shape index (κ2) is 8.75. The van der Waals surface area contributed by atoms with Gasteiger partial charge in [-0.15, -0.1) is 0 Å². The van der Waals surface area contributed by atoms with Crippen molar-refractivity contribution < 1.29 is 19.1 Å². The number of nitrogens with zero attached hydrogens (tertiary/aromatic N) is 3. The summed E-state index contributed by atoms with van der Waals surface area (Å²) in [6, 6.07) is 6.94. The van der Waals surface area contributed by atoms with Gasteiger partial charge in [-0.05, 0) is 18.6 Å². The number of methoxy groups -OCH3 is 2. The summed E-state index contributed by atoms with van der Waals surface area (Å²) in [4.78, 5) is 25.8. The molecule has 1 fully saturated rings. The highest BCUT2D eigenvalue weighted by atomic mass is 16.5. The highest BCUT2D eigenvalue weighted by molar-refractivity contribution is 5.90. The number of likely N-dealkylation sites (tertiary alicyclic amines) is 1. The van der Waals surface area contributed by atoms with Crippen molar-refractivity contribution >= 4 is 23.3 Å². The number of amides is 3. The maximum absolute atomic E-state index is 12.9. The van der Waals surface area contributed by atoms with Crippen LogP contribution in [0.3, 0.4) is 0 Å². The van der Waals surface area contributed by atoms with Crippen molar-refractivity contribution in [2.24, 2.45) is 0 Å². The van der Waals surface area contributed by atoms with E-state index in [2.05, 4.69) is 15.7 Å². The van der Waals surface area contributed by atoms with Gasteiger partial charge in [-0.2, -0.15) is 5.10 Å². The van der Waals surface area contributed by atoms with E-state index in [1.54, 1.807) is 42.3 Å². The second-order valence-electron chi connectivity index (χ2n) is 6.70. The van der Waals surface area contributed by atoms with Gasteiger partial charge in [-0.25, -0.2) is 4.79 Å². The van der Waals surface area contributed by atoms with Gasteiger partial charge in [-0.1, -0.05) is 6.07 Å². The van der Waals surface area contributed by atoms with E-state index in [0.29, 0.717) is 36.7 Å². The molecule has 0 radical (unpaired) electrons. The number of anilines is 2. The number of rotatable bonds is 6. The molecule has 2 N–H and O–H groups in total.